The van der Waals surface area contributed by atoms with Crippen LogP contribution in [0, 0.1) is 5.92 Å². The zero-order valence-corrected chi connectivity index (χ0v) is 10.7. The van der Waals surface area contributed by atoms with Gasteiger partial charge in [-0.1, -0.05) is 44.2 Å². The lowest BCUT2D eigenvalue weighted by atomic mass is 9.96. The highest BCUT2D eigenvalue weighted by molar-refractivity contribution is 5.80. The first-order valence-electron chi connectivity index (χ1n) is 6.07. The van der Waals surface area contributed by atoms with Crippen LogP contribution in [0.25, 0.3) is 0 Å². The molecule has 1 amide bonds. The van der Waals surface area contributed by atoms with E-state index in [1.807, 2.05) is 44.2 Å². The standard InChI is InChI=1S/C14H19NO3/c1-10(2)14(11-6-4-3-5-7-11)15-12(16)8-9-13(17)18/h3-7,10,14H,8-9H2,1-2H3,(H,15,16)(H,17,18). The molecule has 1 aromatic carbocycles. The lowest BCUT2D eigenvalue weighted by molar-refractivity contribution is -0.139. The average molecular weight is 249 g/mol. The van der Waals surface area contributed by atoms with Crippen molar-refractivity contribution in [2.75, 3.05) is 0 Å². The van der Waals surface area contributed by atoms with Crippen molar-refractivity contribution >= 4 is 11.9 Å². The summed E-state index contributed by atoms with van der Waals surface area (Å²) in [6, 6.07) is 9.62. The van der Waals surface area contributed by atoms with E-state index in [2.05, 4.69) is 5.32 Å². The molecule has 0 saturated heterocycles. The molecule has 0 aliphatic carbocycles. The minimum Gasteiger partial charge on any atom is -0.481 e. The zero-order chi connectivity index (χ0) is 13.5. The number of rotatable bonds is 6. The van der Waals surface area contributed by atoms with Crippen LogP contribution in [-0.4, -0.2) is 17.0 Å². The Morgan fingerprint density at radius 3 is 2.28 bits per heavy atom. The Morgan fingerprint density at radius 1 is 1.17 bits per heavy atom. The van der Waals surface area contributed by atoms with Gasteiger partial charge < -0.3 is 10.4 Å². The molecule has 18 heavy (non-hydrogen) atoms. The summed E-state index contributed by atoms with van der Waals surface area (Å²) in [6.45, 7) is 4.05. The van der Waals surface area contributed by atoms with Crippen LogP contribution >= 0.6 is 0 Å². The first kappa shape index (κ1) is 14.2. The van der Waals surface area contributed by atoms with Gasteiger partial charge in [0.2, 0.25) is 5.91 Å². The fraction of sp³-hybridized carbons (Fsp3) is 0.429. The quantitative estimate of drug-likeness (QED) is 0.813. The van der Waals surface area contributed by atoms with E-state index in [1.165, 1.54) is 0 Å². The molecular formula is C14H19NO3. The summed E-state index contributed by atoms with van der Waals surface area (Å²) in [4.78, 5) is 22.1. The third-order valence-electron chi connectivity index (χ3n) is 2.71. The van der Waals surface area contributed by atoms with Crippen molar-refractivity contribution in [3.63, 3.8) is 0 Å². The number of hydrogen-bond acceptors (Lipinski definition) is 2. The van der Waals surface area contributed by atoms with Crippen LogP contribution in [0.15, 0.2) is 30.3 Å². The molecule has 1 unspecified atom stereocenters. The highest BCUT2D eigenvalue weighted by atomic mass is 16.4. The number of benzene rings is 1. The summed E-state index contributed by atoms with van der Waals surface area (Å²) >= 11 is 0. The smallest absolute Gasteiger partial charge is 0.303 e. The Labute approximate surface area is 107 Å². The van der Waals surface area contributed by atoms with Crippen LogP contribution in [0.1, 0.15) is 38.3 Å². The highest BCUT2D eigenvalue weighted by Gasteiger charge is 2.18. The molecule has 0 saturated carbocycles. The van der Waals surface area contributed by atoms with Gasteiger partial charge in [-0.05, 0) is 11.5 Å². The van der Waals surface area contributed by atoms with Crippen LogP contribution in [0.3, 0.4) is 0 Å². The van der Waals surface area contributed by atoms with Crippen LogP contribution in [-0.2, 0) is 9.59 Å². The fourth-order valence-corrected chi connectivity index (χ4v) is 1.76. The minimum atomic E-state index is -0.953. The molecule has 1 aromatic rings. The van der Waals surface area contributed by atoms with Crippen molar-refractivity contribution < 1.29 is 14.7 Å². The second kappa shape index (κ2) is 6.79. The Kier molecular flexibility index (Phi) is 5.36. The second-order valence-electron chi connectivity index (χ2n) is 4.59. The SMILES string of the molecule is CC(C)C(NC(=O)CCC(=O)O)c1ccccc1. The molecule has 4 heteroatoms. The van der Waals surface area contributed by atoms with Gasteiger partial charge in [-0.2, -0.15) is 0 Å². The van der Waals surface area contributed by atoms with E-state index in [9.17, 15) is 9.59 Å². The number of amides is 1. The number of carbonyl (C=O) groups excluding carboxylic acids is 1. The van der Waals surface area contributed by atoms with Crippen molar-refractivity contribution in [1.29, 1.82) is 0 Å². The maximum absolute atomic E-state index is 11.7. The monoisotopic (exact) mass is 249 g/mol. The van der Waals surface area contributed by atoms with Crippen molar-refractivity contribution in [2.24, 2.45) is 5.92 Å². The first-order chi connectivity index (χ1) is 8.50. The Bertz CT molecular complexity index is 401. The molecule has 1 rings (SSSR count). The number of hydrogen-bond donors (Lipinski definition) is 2. The van der Waals surface area contributed by atoms with E-state index in [0.717, 1.165) is 5.56 Å². The maximum atomic E-state index is 11.7. The van der Waals surface area contributed by atoms with Crippen LogP contribution in [0.5, 0.6) is 0 Å². The predicted octanol–water partition coefficient (Wildman–Crippen LogP) is 2.36. The maximum Gasteiger partial charge on any atom is 0.303 e. The van der Waals surface area contributed by atoms with Crippen LogP contribution in [0.2, 0.25) is 0 Å². The van der Waals surface area contributed by atoms with E-state index in [0.29, 0.717) is 0 Å². The van der Waals surface area contributed by atoms with Gasteiger partial charge in [-0.25, -0.2) is 0 Å². The molecule has 0 bridgehead atoms. The van der Waals surface area contributed by atoms with Crippen molar-refractivity contribution in [1.82, 2.24) is 5.32 Å². The lowest BCUT2D eigenvalue weighted by Crippen LogP contribution is -2.31. The molecule has 4 nitrogen and oxygen atoms in total. The van der Waals surface area contributed by atoms with E-state index in [-0.39, 0.29) is 30.7 Å². The van der Waals surface area contributed by atoms with Crippen LogP contribution in [0.4, 0.5) is 0 Å². The first-order valence-corrected chi connectivity index (χ1v) is 6.07. The zero-order valence-electron chi connectivity index (χ0n) is 10.7. The number of aliphatic carboxylic acids is 1. The minimum absolute atomic E-state index is 0.0192. The normalized spacial score (nSPS) is 12.2. The van der Waals surface area contributed by atoms with Gasteiger partial charge in [0.1, 0.15) is 0 Å². The lowest BCUT2D eigenvalue weighted by Gasteiger charge is -2.22. The number of carboxylic acids is 1. The van der Waals surface area contributed by atoms with Gasteiger partial charge in [-0.3, -0.25) is 9.59 Å². The third kappa shape index (κ3) is 4.57. The summed E-state index contributed by atoms with van der Waals surface area (Å²) in [7, 11) is 0. The molecule has 0 aliphatic heterocycles. The van der Waals surface area contributed by atoms with Crippen molar-refractivity contribution in [3.05, 3.63) is 35.9 Å². The molecule has 0 aromatic heterocycles. The molecule has 0 radical (unpaired) electrons. The molecule has 98 valence electrons. The van der Waals surface area contributed by atoms with Gasteiger partial charge >= 0.3 is 5.97 Å². The Hall–Kier alpha value is -1.84. The topological polar surface area (TPSA) is 66.4 Å². The summed E-state index contributed by atoms with van der Waals surface area (Å²) in [5.74, 6) is -0.924. The Morgan fingerprint density at radius 2 is 1.78 bits per heavy atom. The van der Waals surface area contributed by atoms with E-state index >= 15 is 0 Å². The summed E-state index contributed by atoms with van der Waals surface area (Å²) < 4.78 is 0. The van der Waals surface area contributed by atoms with E-state index in [1.54, 1.807) is 0 Å². The van der Waals surface area contributed by atoms with Crippen LogP contribution < -0.4 is 5.32 Å². The van der Waals surface area contributed by atoms with Gasteiger partial charge in [0.15, 0.2) is 0 Å². The largest absolute Gasteiger partial charge is 0.481 e. The summed E-state index contributed by atoms with van der Waals surface area (Å²) in [5.41, 5.74) is 1.04. The Balaban J connectivity index is 2.64. The molecule has 0 heterocycles. The molecule has 2 N–H and O–H groups in total. The van der Waals surface area contributed by atoms with Crippen molar-refractivity contribution in [3.8, 4) is 0 Å². The molecule has 1 atom stereocenters. The number of carbonyl (C=O) groups is 2. The average Bonchev–Trinajstić information content (AvgIpc) is 2.34. The van der Waals surface area contributed by atoms with Gasteiger partial charge in [-0.15, -0.1) is 0 Å². The molecular weight excluding hydrogens is 230 g/mol. The van der Waals surface area contributed by atoms with Crippen molar-refractivity contribution in [2.45, 2.75) is 32.7 Å². The number of nitrogens with one attached hydrogen (secondary N) is 1. The molecule has 0 fully saturated rings. The van der Waals surface area contributed by atoms with Gasteiger partial charge in [0.25, 0.3) is 0 Å². The summed E-state index contributed by atoms with van der Waals surface area (Å²) in [5, 5.41) is 11.4. The second-order valence-corrected chi connectivity index (χ2v) is 4.59. The third-order valence-corrected chi connectivity index (χ3v) is 2.71. The van der Waals surface area contributed by atoms with Gasteiger partial charge in [0.05, 0.1) is 12.5 Å². The van der Waals surface area contributed by atoms with Gasteiger partial charge in [0, 0.05) is 6.42 Å². The fourth-order valence-electron chi connectivity index (χ4n) is 1.76. The van der Waals surface area contributed by atoms with E-state index < -0.39 is 5.97 Å². The summed E-state index contributed by atoms with van der Waals surface area (Å²) in [6.07, 6.45) is -0.114. The molecule has 0 spiro atoms. The predicted molar refractivity (Wildman–Crippen MR) is 69.0 cm³/mol. The molecule has 0 aliphatic rings. The van der Waals surface area contributed by atoms with E-state index in [4.69, 9.17) is 5.11 Å². The number of carboxylic acid groups (broad SMARTS) is 1. The highest BCUT2D eigenvalue weighted by Crippen LogP contribution is 2.21.